The number of hydrogen-bond donors (Lipinski definition) is 1. The van der Waals surface area contributed by atoms with Crippen molar-refractivity contribution >= 4 is 23.0 Å². The van der Waals surface area contributed by atoms with E-state index in [4.69, 9.17) is 4.74 Å². The van der Waals surface area contributed by atoms with Crippen molar-refractivity contribution < 1.29 is 4.74 Å². The quantitative estimate of drug-likeness (QED) is 0.751. The third-order valence-corrected chi connectivity index (χ3v) is 3.90. The average Bonchev–Trinajstić information content (AvgIpc) is 3.03. The van der Waals surface area contributed by atoms with Gasteiger partial charge < -0.3 is 15.0 Å². The van der Waals surface area contributed by atoms with Gasteiger partial charge in [0.2, 0.25) is 0 Å². The minimum atomic E-state index is 0.425. The molecule has 0 radical (unpaired) electrons. The number of ether oxygens (including phenoxy) is 1. The molecule has 0 bridgehead atoms. The van der Waals surface area contributed by atoms with Gasteiger partial charge >= 0.3 is 0 Å². The number of fused-ring (bicyclic) bond motifs is 1. The van der Waals surface area contributed by atoms with Gasteiger partial charge in [-0.05, 0) is 32.0 Å². The van der Waals surface area contributed by atoms with Crippen molar-refractivity contribution in [2.75, 3.05) is 24.4 Å². The number of anilines is 3. The molecule has 0 aliphatic carbocycles. The van der Waals surface area contributed by atoms with Crippen LogP contribution in [0.25, 0.3) is 5.78 Å². The normalized spacial score (nSPS) is 11.2. The van der Waals surface area contributed by atoms with E-state index >= 15 is 0 Å². The van der Waals surface area contributed by atoms with Gasteiger partial charge in [-0.2, -0.15) is 14.6 Å². The van der Waals surface area contributed by atoms with E-state index in [1.807, 2.05) is 18.2 Å². The standard InChI is InChI=1S/C17H22N6O/c1-12(2)22(3)15-7-5-6-13(8-15)20-16-9-14(10-24-4)21-17-18-11-19-23(16)17/h5-9,11-12,20H,10H2,1-4H3. The summed E-state index contributed by atoms with van der Waals surface area (Å²) < 4.78 is 6.86. The van der Waals surface area contributed by atoms with E-state index in [9.17, 15) is 0 Å². The van der Waals surface area contributed by atoms with Gasteiger partial charge in [0.05, 0.1) is 12.3 Å². The van der Waals surface area contributed by atoms with Crippen molar-refractivity contribution in [3.8, 4) is 0 Å². The summed E-state index contributed by atoms with van der Waals surface area (Å²) in [5.74, 6) is 1.34. The highest BCUT2D eigenvalue weighted by Gasteiger charge is 2.10. The molecule has 0 amide bonds. The first kappa shape index (κ1) is 16.2. The predicted octanol–water partition coefficient (Wildman–Crippen LogP) is 2.86. The van der Waals surface area contributed by atoms with Crippen molar-refractivity contribution in [2.45, 2.75) is 26.5 Å². The molecule has 1 aromatic carbocycles. The maximum atomic E-state index is 5.18. The Labute approximate surface area is 141 Å². The Bertz CT molecular complexity index is 829. The number of aromatic nitrogens is 4. The lowest BCUT2D eigenvalue weighted by Gasteiger charge is -2.24. The molecule has 0 aliphatic heterocycles. The first-order chi connectivity index (χ1) is 11.6. The molecule has 3 rings (SSSR count). The summed E-state index contributed by atoms with van der Waals surface area (Å²) in [5, 5.41) is 7.64. The number of nitrogens with one attached hydrogen (secondary N) is 1. The Kier molecular flexibility index (Phi) is 4.61. The summed E-state index contributed by atoms with van der Waals surface area (Å²) in [7, 11) is 3.73. The van der Waals surface area contributed by atoms with Crippen molar-refractivity contribution in [3.05, 3.63) is 42.4 Å². The van der Waals surface area contributed by atoms with E-state index in [0.717, 1.165) is 22.9 Å². The summed E-state index contributed by atoms with van der Waals surface area (Å²) in [6, 6.07) is 10.6. The Hall–Kier alpha value is -2.67. The van der Waals surface area contributed by atoms with Crippen LogP contribution >= 0.6 is 0 Å². The third-order valence-electron chi connectivity index (χ3n) is 3.90. The molecule has 2 aromatic heterocycles. The maximum Gasteiger partial charge on any atom is 0.254 e. The van der Waals surface area contributed by atoms with Crippen molar-refractivity contribution in [2.24, 2.45) is 0 Å². The molecule has 24 heavy (non-hydrogen) atoms. The SMILES string of the molecule is COCc1cc(Nc2cccc(N(C)C(C)C)c2)n2ncnc2n1. The van der Waals surface area contributed by atoms with E-state index in [2.05, 4.69) is 58.3 Å². The van der Waals surface area contributed by atoms with E-state index < -0.39 is 0 Å². The van der Waals surface area contributed by atoms with Crippen LogP contribution in [-0.4, -0.2) is 39.8 Å². The van der Waals surface area contributed by atoms with Crippen LogP contribution in [0.1, 0.15) is 19.5 Å². The summed E-state index contributed by atoms with van der Waals surface area (Å²) in [6.07, 6.45) is 1.49. The van der Waals surface area contributed by atoms with Gasteiger partial charge in [-0.15, -0.1) is 0 Å². The van der Waals surface area contributed by atoms with E-state index in [1.165, 1.54) is 6.33 Å². The van der Waals surface area contributed by atoms with E-state index in [0.29, 0.717) is 18.4 Å². The smallest absolute Gasteiger partial charge is 0.254 e. The summed E-state index contributed by atoms with van der Waals surface area (Å²) in [6.45, 7) is 4.76. The topological polar surface area (TPSA) is 67.6 Å². The molecule has 1 N–H and O–H groups in total. The highest BCUT2D eigenvalue weighted by Crippen LogP contribution is 2.23. The van der Waals surface area contributed by atoms with Gasteiger partial charge in [-0.25, -0.2) is 4.98 Å². The molecular weight excluding hydrogens is 304 g/mol. The summed E-state index contributed by atoms with van der Waals surface area (Å²) in [5.41, 5.74) is 2.93. The molecule has 7 nitrogen and oxygen atoms in total. The van der Waals surface area contributed by atoms with Crippen LogP contribution in [0.15, 0.2) is 36.7 Å². The second-order valence-electron chi connectivity index (χ2n) is 5.92. The average molecular weight is 326 g/mol. The molecule has 126 valence electrons. The molecular formula is C17H22N6O. The molecule has 0 atom stereocenters. The summed E-state index contributed by atoms with van der Waals surface area (Å²) in [4.78, 5) is 10.8. The highest BCUT2D eigenvalue weighted by molar-refractivity contribution is 5.64. The monoisotopic (exact) mass is 326 g/mol. The second kappa shape index (κ2) is 6.84. The lowest BCUT2D eigenvalue weighted by molar-refractivity contribution is 0.181. The molecule has 0 unspecified atom stereocenters. The largest absolute Gasteiger partial charge is 0.378 e. The Morgan fingerprint density at radius 1 is 1.29 bits per heavy atom. The van der Waals surface area contributed by atoms with Gasteiger partial charge in [0.25, 0.3) is 5.78 Å². The van der Waals surface area contributed by atoms with Gasteiger partial charge in [-0.3, -0.25) is 0 Å². The zero-order valence-corrected chi connectivity index (χ0v) is 14.4. The number of hydrogen-bond acceptors (Lipinski definition) is 6. The van der Waals surface area contributed by atoms with Crippen LogP contribution < -0.4 is 10.2 Å². The second-order valence-corrected chi connectivity index (χ2v) is 5.92. The minimum absolute atomic E-state index is 0.425. The predicted molar refractivity (Wildman–Crippen MR) is 94.8 cm³/mol. The van der Waals surface area contributed by atoms with Crippen molar-refractivity contribution in [1.29, 1.82) is 0 Å². The van der Waals surface area contributed by atoms with Gasteiger partial charge in [-0.1, -0.05) is 6.07 Å². The molecule has 0 fully saturated rings. The molecule has 0 aliphatic rings. The molecule has 0 spiro atoms. The van der Waals surface area contributed by atoms with Crippen LogP contribution in [0, 0.1) is 0 Å². The minimum Gasteiger partial charge on any atom is -0.378 e. The maximum absolute atomic E-state index is 5.18. The zero-order valence-electron chi connectivity index (χ0n) is 14.4. The fourth-order valence-electron chi connectivity index (χ4n) is 2.42. The Morgan fingerprint density at radius 2 is 2.12 bits per heavy atom. The lowest BCUT2D eigenvalue weighted by Crippen LogP contribution is -2.25. The first-order valence-electron chi connectivity index (χ1n) is 7.87. The van der Waals surface area contributed by atoms with Crippen LogP contribution in [0.4, 0.5) is 17.2 Å². The molecule has 0 saturated carbocycles. The number of rotatable bonds is 6. The fourth-order valence-corrected chi connectivity index (χ4v) is 2.42. The Morgan fingerprint density at radius 3 is 2.88 bits per heavy atom. The van der Waals surface area contributed by atoms with Crippen LogP contribution in [0.2, 0.25) is 0 Å². The number of nitrogens with zero attached hydrogens (tertiary/aromatic N) is 5. The third kappa shape index (κ3) is 3.30. The summed E-state index contributed by atoms with van der Waals surface area (Å²) >= 11 is 0. The molecule has 7 heteroatoms. The fraction of sp³-hybridized carbons (Fsp3) is 0.353. The van der Waals surface area contributed by atoms with Crippen molar-refractivity contribution in [1.82, 2.24) is 19.6 Å². The van der Waals surface area contributed by atoms with Gasteiger partial charge in [0.15, 0.2) is 0 Å². The van der Waals surface area contributed by atoms with Crippen LogP contribution in [-0.2, 0) is 11.3 Å². The molecule has 3 aromatic rings. The lowest BCUT2D eigenvalue weighted by atomic mass is 10.2. The van der Waals surface area contributed by atoms with Gasteiger partial charge in [0.1, 0.15) is 12.1 Å². The molecule has 0 saturated heterocycles. The van der Waals surface area contributed by atoms with Gasteiger partial charge in [0, 0.05) is 37.6 Å². The zero-order chi connectivity index (χ0) is 17.1. The van der Waals surface area contributed by atoms with Crippen LogP contribution in [0.3, 0.4) is 0 Å². The highest BCUT2D eigenvalue weighted by atomic mass is 16.5. The number of benzene rings is 1. The number of methoxy groups -OCH3 is 1. The van der Waals surface area contributed by atoms with E-state index in [-0.39, 0.29) is 0 Å². The Balaban J connectivity index is 1.95. The molecule has 2 heterocycles. The first-order valence-corrected chi connectivity index (χ1v) is 7.87. The van der Waals surface area contributed by atoms with Crippen molar-refractivity contribution in [3.63, 3.8) is 0 Å². The van der Waals surface area contributed by atoms with Crippen LogP contribution in [0.5, 0.6) is 0 Å². The van der Waals surface area contributed by atoms with E-state index in [1.54, 1.807) is 11.6 Å².